The van der Waals surface area contributed by atoms with Crippen molar-refractivity contribution in [3.8, 4) is 0 Å². The van der Waals surface area contributed by atoms with E-state index >= 15 is 0 Å². The van der Waals surface area contributed by atoms with Crippen molar-refractivity contribution in [2.45, 2.75) is 6.54 Å². The SMILES string of the molecule is COCCONCc1cccn1C. The second-order valence-electron chi connectivity index (χ2n) is 2.77. The summed E-state index contributed by atoms with van der Waals surface area (Å²) in [7, 11) is 3.66. The topological polar surface area (TPSA) is 35.4 Å². The zero-order valence-electron chi connectivity index (χ0n) is 8.12. The normalized spacial score (nSPS) is 10.6. The van der Waals surface area contributed by atoms with Gasteiger partial charge in [0, 0.05) is 26.0 Å². The Hall–Kier alpha value is -0.840. The van der Waals surface area contributed by atoms with Gasteiger partial charge in [-0.05, 0) is 12.1 Å². The van der Waals surface area contributed by atoms with Gasteiger partial charge < -0.3 is 9.30 Å². The maximum atomic E-state index is 5.11. The molecule has 0 saturated carbocycles. The first-order valence-electron chi connectivity index (χ1n) is 4.28. The average molecular weight is 184 g/mol. The predicted molar refractivity (Wildman–Crippen MR) is 50.1 cm³/mol. The first-order chi connectivity index (χ1) is 6.34. The van der Waals surface area contributed by atoms with Gasteiger partial charge in [-0.2, -0.15) is 5.48 Å². The molecular weight excluding hydrogens is 168 g/mol. The van der Waals surface area contributed by atoms with Crippen LogP contribution in [-0.2, 0) is 23.2 Å². The Kier molecular flexibility index (Phi) is 4.53. The highest BCUT2D eigenvalue weighted by atomic mass is 16.7. The van der Waals surface area contributed by atoms with Crippen molar-refractivity contribution in [2.75, 3.05) is 20.3 Å². The van der Waals surface area contributed by atoms with Crippen LogP contribution in [0.4, 0.5) is 0 Å². The lowest BCUT2D eigenvalue weighted by Crippen LogP contribution is -2.18. The molecule has 4 nitrogen and oxygen atoms in total. The molecule has 0 fully saturated rings. The van der Waals surface area contributed by atoms with Gasteiger partial charge in [-0.1, -0.05) is 0 Å². The molecule has 0 spiro atoms. The highest BCUT2D eigenvalue weighted by molar-refractivity contribution is 5.05. The second-order valence-corrected chi connectivity index (χ2v) is 2.77. The summed E-state index contributed by atoms with van der Waals surface area (Å²) in [5, 5.41) is 0. The first kappa shape index (κ1) is 10.2. The van der Waals surface area contributed by atoms with Crippen molar-refractivity contribution in [1.82, 2.24) is 10.0 Å². The summed E-state index contributed by atoms with van der Waals surface area (Å²) in [6.45, 7) is 1.90. The Morgan fingerprint density at radius 3 is 2.92 bits per heavy atom. The van der Waals surface area contributed by atoms with E-state index < -0.39 is 0 Å². The summed E-state index contributed by atoms with van der Waals surface area (Å²) < 4.78 is 6.88. The fourth-order valence-electron chi connectivity index (χ4n) is 1.00. The predicted octanol–water partition coefficient (Wildman–Crippen LogP) is 0.693. The van der Waals surface area contributed by atoms with Crippen LogP contribution in [0.25, 0.3) is 0 Å². The molecule has 0 amide bonds. The van der Waals surface area contributed by atoms with E-state index in [1.54, 1.807) is 7.11 Å². The number of aromatic nitrogens is 1. The van der Waals surface area contributed by atoms with E-state index in [-0.39, 0.29) is 0 Å². The van der Waals surface area contributed by atoms with Gasteiger partial charge in [0.2, 0.25) is 0 Å². The molecule has 1 aromatic heterocycles. The van der Waals surface area contributed by atoms with Gasteiger partial charge in [0.15, 0.2) is 0 Å². The number of hydrogen-bond donors (Lipinski definition) is 1. The van der Waals surface area contributed by atoms with E-state index in [1.165, 1.54) is 5.69 Å². The van der Waals surface area contributed by atoms with Crippen molar-refractivity contribution in [1.29, 1.82) is 0 Å². The number of hydrogen-bond acceptors (Lipinski definition) is 3. The number of nitrogens with one attached hydrogen (secondary N) is 1. The summed E-state index contributed by atoms with van der Waals surface area (Å²) in [6, 6.07) is 4.05. The van der Waals surface area contributed by atoms with Crippen LogP contribution in [-0.4, -0.2) is 24.9 Å². The van der Waals surface area contributed by atoms with E-state index in [9.17, 15) is 0 Å². The quantitative estimate of drug-likeness (QED) is 0.522. The molecule has 1 N–H and O–H groups in total. The van der Waals surface area contributed by atoms with Gasteiger partial charge in [-0.3, -0.25) is 4.84 Å². The van der Waals surface area contributed by atoms with Crippen LogP contribution in [0.3, 0.4) is 0 Å². The number of nitrogens with zero attached hydrogens (tertiary/aromatic N) is 1. The summed E-state index contributed by atoms with van der Waals surface area (Å²) in [5.74, 6) is 0. The van der Waals surface area contributed by atoms with Crippen molar-refractivity contribution in [2.24, 2.45) is 7.05 Å². The van der Waals surface area contributed by atoms with Crippen molar-refractivity contribution >= 4 is 0 Å². The summed E-state index contributed by atoms with van der Waals surface area (Å²) >= 11 is 0. The van der Waals surface area contributed by atoms with E-state index in [1.807, 2.05) is 29.9 Å². The third kappa shape index (κ3) is 3.59. The molecule has 0 aromatic carbocycles. The summed E-state index contributed by atoms with van der Waals surface area (Å²) in [6.07, 6.45) is 2.01. The minimum atomic E-state index is 0.570. The second kappa shape index (κ2) is 5.75. The first-order valence-corrected chi connectivity index (χ1v) is 4.28. The van der Waals surface area contributed by atoms with Crippen LogP contribution in [0.1, 0.15) is 5.69 Å². The number of ether oxygens (including phenoxy) is 1. The minimum Gasteiger partial charge on any atom is -0.382 e. The largest absolute Gasteiger partial charge is 0.382 e. The molecule has 1 rings (SSSR count). The maximum absolute atomic E-state index is 5.11. The van der Waals surface area contributed by atoms with Gasteiger partial charge in [-0.15, -0.1) is 0 Å². The zero-order chi connectivity index (χ0) is 9.52. The molecule has 1 heterocycles. The van der Waals surface area contributed by atoms with Crippen LogP contribution in [0, 0.1) is 0 Å². The molecule has 4 heteroatoms. The Bertz CT molecular complexity index is 235. The zero-order valence-corrected chi connectivity index (χ0v) is 8.12. The van der Waals surface area contributed by atoms with Crippen LogP contribution in [0.2, 0.25) is 0 Å². The molecule has 74 valence electrons. The van der Waals surface area contributed by atoms with Crippen molar-refractivity contribution in [3.05, 3.63) is 24.0 Å². The Morgan fingerprint density at radius 2 is 2.31 bits per heavy atom. The van der Waals surface area contributed by atoms with Gasteiger partial charge in [0.1, 0.15) is 0 Å². The third-order valence-electron chi connectivity index (χ3n) is 1.80. The van der Waals surface area contributed by atoms with Crippen molar-refractivity contribution in [3.63, 3.8) is 0 Å². The summed E-state index contributed by atoms with van der Waals surface area (Å²) in [4.78, 5) is 5.11. The molecule has 0 aliphatic rings. The smallest absolute Gasteiger partial charge is 0.0916 e. The lowest BCUT2D eigenvalue weighted by Gasteiger charge is -2.05. The monoisotopic (exact) mass is 184 g/mol. The van der Waals surface area contributed by atoms with Crippen LogP contribution in [0.5, 0.6) is 0 Å². The van der Waals surface area contributed by atoms with Gasteiger partial charge in [0.05, 0.1) is 19.8 Å². The molecule has 0 bridgehead atoms. The fraction of sp³-hybridized carbons (Fsp3) is 0.556. The molecule has 0 radical (unpaired) electrons. The van der Waals surface area contributed by atoms with E-state index in [0.717, 1.165) is 0 Å². The van der Waals surface area contributed by atoms with E-state index in [4.69, 9.17) is 9.57 Å². The molecule has 0 atom stereocenters. The van der Waals surface area contributed by atoms with Crippen LogP contribution >= 0.6 is 0 Å². The summed E-state index contributed by atoms with van der Waals surface area (Å²) in [5.41, 5.74) is 4.05. The molecule has 0 saturated heterocycles. The Labute approximate surface area is 78.4 Å². The van der Waals surface area contributed by atoms with Crippen LogP contribution < -0.4 is 5.48 Å². The van der Waals surface area contributed by atoms with Gasteiger partial charge in [0.25, 0.3) is 0 Å². The standard InChI is InChI=1S/C9H16N2O2/c1-11-5-3-4-9(11)8-10-13-7-6-12-2/h3-5,10H,6-8H2,1-2H3. The van der Waals surface area contributed by atoms with Gasteiger partial charge >= 0.3 is 0 Å². The van der Waals surface area contributed by atoms with Crippen LogP contribution in [0.15, 0.2) is 18.3 Å². The molecular formula is C9H16N2O2. The Morgan fingerprint density at radius 1 is 1.46 bits per heavy atom. The Balaban J connectivity index is 2.10. The van der Waals surface area contributed by atoms with Gasteiger partial charge in [-0.25, -0.2) is 0 Å². The number of hydroxylamine groups is 1. The lowest BCUT2D eigenvalue weighted by molar-refractivity contribution is 0.00269. The molecule has 0 aliphatic carbocycles. The third-order valence-corrected chi connectivity index (χ3v) is 1.80. The highest BCUT2D eigenvalue weighted by Gasteiger charge is 1.95. The molecule has 13 heavy (non-hydrogen) atoms. The average Bonchev–Trinajstić information content (AvgIpc) is 2.52. The van der Waals surface area contributed by atoms with Crippen molar-refractivity contribution < 1.29 is 9.57 Å². The number of aryl methyl sites for hydroxylation is 1. The highest BCUT2D eigenvalue weighted by Crippen LogP contribution is 1.97. The molecule has 1 aromatic rings. The molecule has 0 unspecified atom stereocenters. The van der Waals surface area contributed by atoms with E-state index in [0.29, 0.717) is 19.8 Å². The minimum absolute atomic E-state index is 0.570. The maximum Gasteiger partial charge on any atom is 0.0916 e. The van der Waals surface area contributed by atoms with E-state index in [2.05, 4.69) is 5.48 Å². The lowest BCUT2D eigenvalue weighted by atomic mass is 10.4. The number of methoxy groups -OCH3 is 1. The number of rotatable bonds is 6. The fourth-order valence-corrected chi connectivity index (χ4v) is 1.00. The molecule has 0 aliphatic heterocycles.